The van der Waals surface area contributed by atoms with Gasteiger partial charge in [0, 0.05) is 13.1 Å². The average Bonchev–Trinajstić information content (AvgIpc) is 3.84. The largest absolute Gasteiger partial charge is 0.323 e. The van der Waals surface area contributed by atoms with Crippen LogP contribution in [0.4, 0.5) is 0 Å². The summed E-state index contributed by atoms with van der Waals surface area (Å²) in [6, 6.07) is 23.6. The van der Waals surface area contributed by atoms with Crippen molar-refractivity contribution in [2.75, 3.05) is 0 Å². The molecule has 3 heterocycles. The first-order valence-electron chi connectivity index (χ1n) is 25.7. The third kappa shape index (κ3) is 16.8. The number of pyridine rings is 1. The van der Waals surface area contributed by atoms with Crippen LogP contribution in [-0.2, 0) is 13.1 Å². The lowest BCUT2D eigenvalue weighted by atomic mass is 10.0. The number of nitrogens with zero attached hydrogens (tertiary/aromatic N) is 5. The van der Waals surface area contributed by atoms with Gasteiger partial charge < -0.3 is 9.13 Å². The Kier molecular flexibility index (Phi) is 23.6. The Morgan fingerprint density at radius 3 is 0.900 bits per heavy atom. The number of para-hydroxylation sites is 4. The predicted octanol–water partition coefficient (Wildman–Crippen LogP) is 17.6. The summed E-state index contributed by atoms with van der Waals surface area (Å²) in [5.41, 5.74) is 6.37. The molecule has 0 bridgehead atoms. The Bertz CT molecular complexity index is 1700. The molecule has 2 aromatic carbocycles. The lowest BCUT2D eigenvalue weighted by Gasteiger charge is -2.12. The van der Waals surface area contributed by atoms with Crippen molar-refractivity contribution in [1.29, 1.82) is 0 Å². The van der Waals surface area contributed by atoms with Gasteiger partial charge in [0.05, 0.1) is 22.1 Å². The van der Waals surface area contributed by atoms with Gasteiger partial charge in [-0.05, 0) is 49.2 Å². The summed E-state index contributed by atoms with van der Waals surface area (Å²) in [6.07, 6.45) is 44.3. The summed E-state index contributed by atoms with van der Waals surface area (Å²) >= 11 is 0. The van der Waals surface area contributed by atoms with Crippen molar-refractivity contribution in [2.45, 2.75) is 232 Å². The fourth-order valence-corrected chi connectivity index (χ4v) is 9.31. The zero-order valence-corrected chi connectivity index (χ0v) is 38.6. The van der Waals surface area contributed by atoms with Crippen LogP contribution in [0.2, 0.25) is 0 Å². The lowest BCUT2D eigenvalue weighted by Crippen LogP contribution is -2.04. The highest BCUT2D eigenvalue weighted by Crippen LogP contribution is 2.29. The van der Waals surface area contributed by atoms with E-state index in [-0.39, 0.29) is 0 Å². The van der Waals surface area contributed by atoms with E-state index in [1.807, 2.05) is 0 Å². The molecule has 0 aliphatic heterocycles. The number of unbranched alkanes of at least 4 members (excludes halogenated alkanes) is 30. The molecule has 0 atom stereocenters. The van der Waals surface area contributed by atoms with Crippen LogP contribution >= 0.6 is 0 Å². The van der Waals surface area contributed by atoms with Gasteiger partial charge in [0.15, 0.2) is 11.6 Å². The SMILES string of the molecule is CCCCCCCCCCCCCCCCCCn1c(-c2cccc(-c3nc4ccccc4n3CCCCCCCCCCCCCCCCCC)n2)nc2ccccc21. The van der Waals surface area contributed by atoms with E-state index in [0.717, 1.165) is 47.2 Å². The molecule has 0 saturated carbocycles. The van der Waals surface area contributed by atoms with Crippen molar-refractivity contribution in [3.8, 4) is 23.0 Å². The maximum absolute atomic E-state index is 5.31. The van der Waals surface area contributed by atoms with Crippen molar-refractivity contribution < 1.29 is 0 Å². The molecule has 5 aromatic rings. The van der Waals surface area contributed by atoms with Crippen LogP contribution in [0.5, 0.6) is 0 Å². The maximum atomic E-state index is 5.31. The molecule has 0 N–H and O–H groups in total. The van der Waals surface area contributed by atoms with Crippen LogP contribution in [0.3, 0.4) is 0 Å². The van der Waals surface area contributed by atoms with Gasteiger partial charge in [-0.3, -0.25) is 0 Å². The highest BCUT2D eigenvalue weighted by atomic mass is 15.1. The number of hydrogen-bond acceptors (Lipinski definition) is 3. The van der Waals surface area contributed by atoms with E-state index in [4.69, 9.17) is 15.0 Å². The zero-order valence-electron chi connectivity index (χ0n) is 38.6. The molecule has 0 saturated heterocycles. The van der Waals surface area contributed by atoms with Crippen molar-refractivity contribution >= 4 is 22.1 Å². The number of benzene rings is 2. The minimum Gasteiger partial charge on any atom is -0.323 e. The van der Waals surface area contributed by atoms with Gasteiger partial charge in [-0.2, -0.15) is 0 Å². The average molecular weight is 816 g/mol. The number of rotatable bonds is 36. The van der Waals surface area contributed by atoms with E-state index in [1.165, 1.54) is 216 Å². The fraction of sp³-hybridized carbons (Fsp3) is 0.655. The number of fused-ring (bicyclic) bond motifs is 2. The van der Waals surface area contributed by atoms with E-state index in [0.29, 0.717) is 0 Å². The predicted molar refractivity (Wildman–Crippen MR) is 261 cm³/mol. The quantitative estimate of drug-likeness (QED) is 0.0378. The zero-order chi connectivity index (χ0) is 41.7. The summed E-state index contributed by atoms with van der Waals surface area (Å²) in [7, 11) is 0. The molecule has 5 heteroatoms. The topological polar surface area (TPSA) is 48.5 Å². The maximum Gasteiger partial charge on any atom is 0.159 e. The Labute approximate surface area is 367 Å². The Balaban J connectivity index is 1.06. The first kappa shape index (κ1) is 47.6. The van der Waals surface area contributed by atoms with Gasteiger partial charge in [0.25, 0.3) is 0 Å². The molecular formula is C55H85N5. The van der Waals surface area contributed by atoms with Crippen LogP contribution < -0.4 is 0 Å². The summed E-state index contributed by atoms with van der Waals surface area (Å²) in [5, 5.41) is 0. The van der Waals surface area contributed by atoms with Crippen LogP contribution in [0, 0.1) is 0 Å². The monoisotopic (exact) mass is 816 g/mol. The van der Waals surface area contributed by atoms with Crippen LogP contribution in [0.15, 0.2) is 66.7 Å². The Hall–Kier alpha value is -3.47. The number of aryl methyl sites for hydroxylation is 2. The van der Waals surface area contributed by atoms with E-state index in [9.17, 15) is 0 Å². The second-order valence-electron chi connectivity index (χ2n) is 18.2. The molecule has 5 nitrogen and oxygen atoms in total. The second kappa shape index (κ2) is 29.7. The molecule has 0 aliphatic carbocycles. The van der Waals surface area contributed by atoms with E-state index in [1.54, 1.807) is 0 Å². The molecule has 0 spiro atoms. The summed E-state index contributed by atoms with van der Waals surface area (Å²) in [4.78, 5) is 15.7. The van der Waals surface area contributed by atoms with Gasteiger partial charge in [0.2, 0.25) is 0 Å². The van der Waals surface area contributed by atoms with E-state index in [2.05, 4.69) is 89.7 Å². The number of hydrogen-bond donors (Lipinski definition) is 0. The van der Waals surface area contributed by atoms with Gasteiger partial charge in [-0.25, -0.2) is 15.0 Å². The van der Waals surface area contributed by atoms with Gasteiger partial charge >= 0.3 is 0 Å². The molecule has 0 amide bonds. The summed E-state index contributed by atoms with van der Waals surface area (Å²) in [6.45, 7) is 6.55. The molecule has 330 valence electrons. The molecule has 0 radical (unpaired) electrons. The van der Waals surface area contributed by atoms with Crippen molar-refractivity contribution in [3.63, 3.8) is 0 Å². The molecule has 3 aromatic heterocycles. The van der Waals surface area contributed by atoms with Crippen molar-refractivity contribution in [2.24, 2.45) is 0 Å². The molecule has 0 fully saturated rings. The van der Waals surface area contributed by atoms with Crippen LogP contribution in [0.1, 0.15) is 219 Å². The van der Waals surface area contributed by atoms with Gasteiger partial charge in [-0.15, -0.1) is 0 Å². The normalized spacial score (nSPS) is 11.8. The summed E-state index contributed by atoms with van der Waals surface area (Å²) < 4.78 is 4.84. The molecular weight excluding hydrogens is 731 g/mol. The molecule has 5 rings (SSSR count). The second-order valence-corrected chi connectivity index (χ2v) is 18.2. The van der Waals surface area contributed by atoms with E-state index < -0.39 is 0 Å². The molecule has 0 aliphatic rings. The Morgan fingerprint density at radius 1 is 0.300 bits per heavy atom. The highest BCUT2D eigenvalue weighted by Gasteiger charge is 2.18. The van der Waals surface area contributed by atoms with E-state index >= 15 is 0 Å². The summed E-state index contributed by atoms with van der Waals surface area (Å²) in [5.74, 6) is 1.94. The minimum atomic E-state index is 0.932. The molecule has 60 heavy (non-hydrogen) atoms. The first-order valence-corrected chi connectivity index (χ1v) is 25.7. The third-order valence-corrected chi connectivity index (χ3v) is 13.0. The lowest BCUT2D eigenvalue weighted by molar-refractivity contribution is 0.522. The fourth-order valence-electron chi connectivity index (χ4n) is 9.31. The molecule has 0 unspecified atom stereocenters. The minimum absolute atomic E-state index is 0.932. The van der Waals surface area contributed by atoms with Crippen molar-refractivity contribution in [3.05, 3.63) is 66.7 Å². The third-order valence-electron chi connectivity index (χ3n) is 13.0. The Morgan fingerprint density at radius 2 is 0.583 bits per heavy atom. The first-order chi connectivity index (χ1) is 29.8. The standard InChI is InChI=1S/C55H85N5/c1-3-5-7-9-11-13-15-17-19-21-23-25-27-29-31-37-46-59-52-44-35-33-40-48(52)57-54(59)50-42-39-43-51(56-50)55-58-49-41-34-36-45-53(49)60(55)47-38-32-30-28-26-24-22-20-18-16-14-12-10-8-6-4-2/h33-36,39-45H,3-32,37-38,46-47H2,1-2H3. The van der Waals surface area contributed by atoms with Gasteiger partial charge in [0.1, 0.15) is 11.4 Å². The van der Waals surface area contributed by atoms with Crippen molar-refractivity contribution in [1.82, 2.24) is 24.1 Å². The highest BCUT2D eigenvalue weighted by molar-refractivity contribution is 5.82. The van der Waals surface area contributed by atoms with Crippen LogP contribution in [-0.4, -0.2) is 24.1 Å². The van der Waals surface area contributed by atoms with Crippen LogP contribution in [0.25, 0.3) is 45.1 Å². The number of imidazole rings is 2. The smallest absolute Gasteiger partial charge is 0.159 e. The number of aromatic nitrogens is 5. The van der Waals surface area contributed by atoms with Gasteiger partial charge in [-0.1, -0.05) is 237 Å².